The van der Waals surface area contributed by atoms with Crippen LogP contribution in [-0.2, 0) is 9.59 Å². The van der Waals surface area contributed by atoms with Crippen molar-refractivity contribution in [3.05, 3.63) is 24.3 Å². The molecular formula is C16H23N3O2. The Hall–Kier alpha value is -1.88. The number of rotatable bonds is 4. The Morgan fingerprint density at radius 2 is 1.76 bits per heavy atom. The van der Waals surface area contributed by atoms with Crippen LogP contribution in [0.15, 0.2) is 24.3 Å². The van der Waals surface area contributed by atoms with E-state index in [9.17, 15) is 9.59 Å². The molecule has 2 rings (SSSR count). The number of anilines is 2. The molecule has 1 aromatic carbocycles. The van der Waals surface area contributed by atoms with Crippen LogP contribution in [0.5, 0.6) is 0 Å². The molecule has 1 aromatic rings. The van der Waals surface area contributed by atoms with Crippen molar-refractivity contribution in [1.82, 2.24) is 5.32 Å². The fourth-order valence-electron chi connectivity index (χ4n) is 2.24. The van der Waals surface area contributed by atoms with Gasteiger partial charge in [-0.25, -0.2) is 0 Å². The van der Waals surface area contributed by atoms with Crippen molar-refractivity contribution in [3.63, 3.8) is 0 Å². The van der Waals surface area contributed by atoms with Crippen LogP contribution in [0.1, 0.15) is 26.7 Å². The highest BCUT2D eigenvalue weighted by molar-refractivity contribution is 5.94. The summed E-state index contributed by atoms with van der Waals surface area (Å²) in [6.07, 6.45) is 1.97. The van der Waals surface area contributed by atoms with Crippen LogP contribution in [0.2, 0.25) is 0 Å². The SMILES string of the molecule is CC(C)C(=O)Nc1ccc(NC(=O)[C@@H]2CCCNC2)cc1. The van der Waals surface area contributed by atoms with Crippen LogP contribution in [-0.4, -0.2) is 24.9 Å². The highest BCUT2D eigenvalue weighted by Gasteiger charge is 2.20. The molecule has 1 fully saturated rings. The minimum absolute atomic E-state index is 0.0138. The number of amides is 2. The quantitative estimate of drug-likeness (QED) is 0.796. The second-order valence-electron chi connectivity index (χ2n) is 5.75. The molecule has 1 aliphatic heterocycles. The van der Waals surface area contributed by atoms with Crippen LogP contribution < -0.4 is 16.0 Å². The van der Waals surface area contributed by atoms with Gasteiger partial charge < -0.3 is 16.0 Å². The largest absolute Gasteiger partial charge is 0.326 e. The van der Waals surface area contributed by atoms with Gasteiger partial charge in [-0.3, -0.25) is 9.59 Å². The maximum absolute atomic E-state index is 12.1. The van der Waals surface area contributed by atoms with Gasteiger partial charge in [0.1, 0.15) is 0 Å². The van der Waals surface area contributed by atoms with E-state index in [1.807, 2.05) is 26.0 Å². The predicted molar refractivity (Wildman–Crippen MR) is 84.1 cm³/mol. The van der Waals surface area contributed by atoms with Crippen LogP contribution in [0.25, 0.3) is 0 Å². The van der Waals surface area contributed by atoms with E-state index in [0.29, 0.717) is 0 Å². The van der Waals surface area contributed by atoms with Crippen molar-refractivity contribution in [3.8, 4) is 0 Å². The Kier molecular flexibility index (Phi) is 5.33. The maximum Gasteiger partial charge on any atom is 0.228 e. The van der Waals surface area contributed by atoms with Gasteiger partial charge >= 0.3 is 0 Å². The van der Waals surface area contributed by atoms with Crippen molar-refractivity contribution < 1.29 is 9.59 Å². The molecule has 0 saturated carbocycles. The third kappa shape index (κ3) is 4.56. The van der Waals surface area contributed by atoms with E-state index < -0.39 is 0 Å². The molecule has 5 nitrogen and oxygen atoms in total. The number of benzene rings is 1. The second-order valence-corrected chi connectivity index (χ2v) is 5.75. The van der Waals surface area contributed by atoms with Crippen molar-refractivity contribution in [1.29, 1.82) is 0 Å². The number of hydrogen-bond donors (Lipinski definition) is 3. The van der Waals surface area contributed by atoms with Crippen LogP contribution >= 0.6 is 0 Å². The number of carbonyl (C=O) groups excluding carboxylic acids is 2. The molecule has 2 amide bonds. The Balaban J connectivity index is 1.89. The fraction of sp³-hybridized carbons (Fsp3) is 0.500. The summed E-state index contributed by atoms with van der Waals surface area (Å²) in [7, 11) is 0. The molecule has 0 spiro atoms. The molecule has 0 aromatic heterocycles. The molecule has 1 saturated heterocycles. The lowest BCUT2D eigenvalue weighted by atomic mass is 9.99. The van der Waals surface area contributed by atoms with E-state index in [1.54, 1.807) is 12.1 Å². The maximum atomic E-state index is 12.1. The smallest absolute Gasteiger partial charge is 0.228 e. The summed E-state index contributed by atoms with van der Waals surface area (Å²) in [6.45, 7) is 5.44. The topological polar surface area (TPSA) is 70.2 Å². The first-order valence-electron chi connectivity index (χ1n) is 7.49. The zero-order valence-electron chi connectivity index (χ0n) is 12.6. The fourth-order valence-corrected chi connectivity index (χ4v) is 2.24. The van der Waals surface area contributed by atoms with E-state index in [4.69, 9.17) is 0 Å². The van der Waals surface area contributed by atoms with Gasteiger partial charge in [0.2, 0.25) is 11.8 Å². The molecule has 114 valence electrons. The number of piperidine rings is 1. The number of hydrogen-bond acceptors (Lipinski definition) is 3. The monoisotopic (exact) mass is 289 g/mol. The summed E-state index contributed by atoms with van der Waals surface area (Å²) < 4.78 is 0. The Labute approximate surface area is 125 Å². The average Bonchev–Trinajstić information content (AvgIpc) is 2.50. The summed E-state index contributed by atoms with van der Waals surface area (Å²) >= 11 is 0. The van der Waals surface area contributed by atoms with Crippen molar-refractivity contribution in [2.45, 2.75) is 26.7 Å². The highest BCUT2D eigenvalue weighted by Crippen LogP contribution is 2.17. The molecule has 1 atom stereocenters. The molecule has 3 N–H and O–H groups in total. The Bertz CT molecular complexity index is 491. The minimum atomic E-state index is -0.0526. The zero-order chi connectivity index (χ0) is 15.2. The first-order chi connectivity index (χ1) is 10.1. The van der Waals surface area contributed by atoms with Crippen molar-refractivity contribution in [2.24, 2.45) is 11.8 Å². The van der Waals surface area contributed by atoms with Crippen LogP contribution in [0.3, 0.4) is 0 Å². The molecule has 0 radical (unpaired) electrons. The van der Waals surface area contributed by atoms with E-state index in [2.05, 4.69) is 16.0 Å². The van der Waals surface area contributed by atoms with Gasteiger partial charge in [-0.15, -0.1) is 0 Å². The van der Waals surface area contributed by atoms with Gasteiger partial charge in [-0.2, -0.15) is 0 Å². The minimum Gasteiger partial charge on any atom is -0.326 e. The highest BCUT2D eigenvalue weighted by atomic mass is 16.2. The summed E-state index contributed by atoms with van der Waals surface area (Å²) in [5.74, 6) is 0.0310. The van der Waals surface area contributed by atoms with E-state index >= 15 is 0 Å². The summed E-state index contributed by atoms with van der Waals surface area (Å²) in [4.78, 5) is 23.7. The molecular weight excluding hydrogens is 266 g/mol. The molecule has 5 heteroatoms. The second kappa shape index (κ2) is 7.22. The lowest BCUT2D eigenvalue weighted by molar-refractivity contribution is -0.120. The van der Waals surface area contributed by atoms with E-state index in [0.717, 1.165) is 37.3 Å². The Morgan fingerprint density at radius 3 is 2.29 bits per heavy atom. The molecule has 1 heterocycles. The van der Waals surface area contributed by atoms with E-state index in [1.165, 1.54) is 0 Å². The molecule has 0 unspecified atom stereocenters. The van der Waals surface area contributed by atoms with Crippen LogP contribution in [0.4, 0.5) is 11.4 Å². The van der Waals surface area contributed by atoms with Gasteiger partial charge in [0.05, 0.1) is 5.92 Å². The third-order valence-electron chi connectivity index (χ3n) is 3.61. The van der Waals surface area contributed by atoms with Crippen LogP contribution in [0, 0.1) is 11.8 Å². The summed E-state index contributed by atoms with van der Waals surface area (Å²) in [5, 5.41) is 8.98. The number of carbonyl (C=O) groups is 2. The molecule has 0 bridgehead atoms. The van der Waals surface area contributed by atoms with Gasteiger partial charge in [0.15, 0.2) is 0 Å². The van der Waals surface area contributed by atoms with Gasteiger partial charge in [-0.05, 0) is 43.7 Å². The third-order valence-corrected chi connectivity index (χ3v) is 3.61. The molecule has 1 aliphatic rings. The zero-order valence-corrected chi connectivity index (χ0v) is 12.6. The standard InChI is InChI=1S/C16H23N3O2/c1-11(2)15(20)18-13-5-7-14(8-6-13)19-16(21)12-4-3-9-17-10-12/h5-8,11-12,17H,3-4,9-10H2,1-2H3,(H,18,20)(H,19,21)/t12-/m1/s1. The molecule has 21 heavy (non-hydrogen) atoms. The first kappa shape index (κ1) is 15.5. The van der Waals surface area contributed by atoms with Crippen molar-refractivity contribution in [2.75, 3.05) is 23.7 Å². The van der Waals surface area contributed by atoms with Crippen molar-refractivity contribution >= 4 is 23.2 Å². The lowest BCUT2D eigenvalue weighted by Crippen LogP contribution is -2.37. The van der Waals surface area contributed by atoms with Gasteiger partial charge in [0.25, 0.3) is 0 Å². The summed E-state index contributed by atoms with van der Waals surface area (Å²) in [5.41, 5.74) is 1.50. The van der Waals surface area contributed by atoms with Gasteiger partial charge in [0, 0.05) is 23.8 Å². The Morgan fingerprint density at radius 1 is 1.14 bits per heavy atom. The normalized spacial score (nSPS) is 18.3. The first-order valence-corrected chi connectivity index (χ1v) is 7.49. The lowest BCUT2D eigenvalue weighted by Gasteiger charge is -2.21. The summed E-state index contributed by atoms with van der Waals surface area (Å²) in [6, 6.07) is 7.22. The number of nitrogens with one attached hydrogen (secondary N) is 3. The average molecular weight is 289 g/mol. The predicted octanol–water partition coefficient (Wildman–Crippen LogP) is 2.22. The van der Waals surface area contributed by atoms with Gasteiger partial charge in [-0.1, -0.05) is 13.8 Å². The molecule has 0 aliphatic carbocycles. The van der Waals surface area contributed by atoms with E-state index in [-0.39, 0.29) is 23.7 Å².